The first kappa shape index (κ1) is 16.7. The molecule has 134 valence electrons. The Labute approximate surface area is 155 Å². The molecule has 1 N–H and O–H groups in total. The Morgan fingerprint density at radius 2 is 1.92 bits per heavy atom. The van der Waals surface area contributed by atoms with Crippen molar-refractivity contribution in [2.45, 2.75) is 0 Å². The van der Waals surface area contributed by atoms with Gasteiger partial charge in [-0.2, -0.15) is 0 Å². The molecule has 0 bridgehead atoms. The highest BCUT2D eigenvalue weighted by molar-refractivity contribution is 7.22. The second kappa shape index (κ2) is 6.84. The summed E-state index contributed by atoms with van der Waals surface area (Å²) in [5.41, 5.74) is 1.71. The van der Waals surface area contributed by atoms with Crippen LogP contribution in [0.3, 0.4) is 0 Å². The highest BCUT2D eigenvalue weighted by atomic mass is 32.1. The fourth-order valence-corrected chi connectivity index (χ4v) is 3.94. The number of nitrogens with zero attached hydrogens (tertiary/aromatic N) is 2. The van der Waals surface area contributed by atoms with E-state index in [0.29, 0.717) is 30.3 Å². The Hall–Kier alpha value is -2.80. The Balaban J connectivity index is 1.38. The molecule has 0 saturated carbocycles. The van der Waals surface area contributed by atoms with Gasteiger partial charge >= 0.3 is 0 Å². The SMILES string of the molecule is COc1ccc(NC(=O)C2CN(c3nc4ccccc4s3)C2)cc1OC. The van der Waals surface area contributed by atoms with Crippen molar-refractivity contribution in [2.75, 3.05) is 37.5 Å². The van der Waals surface area contributed by atoms with E-state index in [1.165, 1.54) is 4.70 Å². The third-order valence-corrected chi connectivity index (χ3v) is 5.55. The second-order valence-electron chi connectivity index (χ2n) is 6.13. The first-order valence-electron chi connectivity index (χ1n) is 8.31. The molecule has 4 rings (SSSR count). The molecule has 1 fully saturated rings. The number of hydrogen-bond donors (Lipinski definition) is 1. The molecule has 2 aromatic carbocycles. The molecule has 1 aliphatic heterocycles. The number of anilines is 2. The molecule has 0 unspecified atom stereocenters. The lowest BCUT2D eigenvalue weighted by atomic mass is 10.00. The summed E-state index contributed by atoms with van der Waals surface area (Å²) in [4.78, 5) is 19.2. The number of nitrogens with one attached hydrogen (secondary N) is 1. The number of thiazole rings is 1. The zero-order chi connectivity index (χ0) is 18.1. The van der Waals surface area contributed by atoms with E-state index in [0.717, 1.165) is 10.6 Å². The molecule has 26 heavy (non-hydrogen) atoms. The van der Waals surface area contributed by atoms with E-state index in [9.17, 15) is 4.79 Å². The van der Waals surface area contributed by atoms with Crippen LogP contribution in [0.25, 0.3) is 10.2 Å². The van der Waals surface area contributed by atoms with E-state index >= 15 is 0 Å². The van der Waals surface area contributed by atoms with Crippen molar-refractivity contribution in [3.8, 4) is 11.5 Å². The van der Waals surface area contributed by atoms with E-state index in [4.69, 9.17) is 9.47 Å². The number of aromatic nitrogens is 1. The van der Waals surface area contributed by atoms with Crippen molar-refractivity contribution in [1.29, 1.82) is 0 Å². The Bertz CT molecular complexity index is 917. The summed E-state index contributed by atoms with van der Waals surface area (Å²) < 4.78 is 11.7. The lowest BCUT2D eigenvalue weighted by molar-refractivity contribution is -0.120. The number of carbonyl (C=O) groups excluding carboxylic acids is 1. The standard InChI is InChI=1S/C19H19N3O3S/c1-24-15-8-7-13(9-16(15)25-2)20-18(23)12-10-22(11-12)19-21-14-5-3-4-6-17(14)26-19/h3-9,12H,10-11H2,1-2H3,(H,20,23). The fourth-order valence-electron chi connectivity index (χ4n) is 2.95. The predicted octanol–water partition coefficient (Wildman–Crippen LogP) is 3.39. The van der Waals surface area contributed by atoms with Gasteiger partial charge in [0.1, 0.15) is 0 Å². The molecule has 1 aliphatic rings. The van der Waals surface area contributed by atoms with Crippen LogP contribution >= 0.6 is 11.3 Å². The average Bonchev–Trinajstić information content (AvgIpc) is 3.03. The molecule has 0 aliphatic carbocycles. The van der Waals surface area contributed by atoms with Crippen LogP contribution in [0.4, 0.5) is 10.8 Å². The minimum Gasteiger partial charge on any atom is -0.493 e. The van der Waals surface area contributed by atoms with E-state index < -0.39 is 0 Å². The number of fused-ring (bicyclic) bond motifs is 1. The number of carbonyl (C=O) groups is 1. The lowest BCUT2D eigenvalue weighted by Crippen LogP contribution is -2.52. The molecule has 7 heteroatoms. The minimum atomic E-state index is -0.0462. The first-order valence-corrected chi connectivity index (χ1v) is 9.13. The summed E-state index contributed by atoms with van der Waals surface area (Å²) >= 11 is 1.66. The van der Waals surface area contributed by atoms with Crippen LogP contribution in [0.5, 0.6) is 11.5 Å². The van der Waals surface area contributed by atoms with Crippen molar-refractivity contribution in [3.63, 3.8) is 0 Å². The second-order valence-corrected chi connectivity index (χ2v) is 7.13. The predicted molar refractivity (Wildman–Crippen MR) is 103 cm³/mol. The Kier molecular flexibility index (Phi) is 4.38. The lowest BCUT2D eigenvalue weighted by Gasteiger charge is -2.37. The summed E-state index contributed by atoms with van der Waals surface area (Å²) in [6.45, 7) is 1.36. The third-order valence-electron chi connectivity index (χ3n) is 4.46. The van der Waals surface area contributed by atoms with Crippen LogP contribution in [0.15, 0.2) is 42.5 Å². The molecular weight excluding hydrogens is 350 g/mol. The summed E-state index contributed by atoms with van der Waals surface area (Å²) in [5, 5.41) is 3.92. The summed E-state index contributed by atoms with van der Waals surface area (Å²) in [5.74, 6) is 1.19. The first-order chi connectivity index (χ1) is 12.7. The van der Waals surface area contributed by atoms with Crippen molar-refractivity contribution in [1.82, 2.24) is 4.98 Å². The summed E-state index contributed by atoms with van der Waals surface area (Å²) in [7, 11) is 3.16. The number of benzene rings is 2. The molecular formula is C19H19N3O3S. The quantitative estimate of drug-likeness (QED) is 0.747. The molecule has 1 aromatic heterocycles. The van der Waals surface area contributed by atoms with Gasteiger partial charge in [0, 0.05) is 24.8 Å². The van der Waals surface area contributed by atoms with Gasteiger partial charge in [-0.3, -0.25) is 4.79 Å². The minimum absolute atomic E-state index is 0.00887. The monoisotopic (exact) mass is 369 g/mol. The van der Waals surface area contributed by atoms with Crippen LogP contribution in [-0.2, 0) is 4.79 Å². The van der Waals surface area contributed by atoms with Crippen molar-refractivity contribution < 1.29 is 14.3 Å². The summed E-state index contributed by atoms with van der Waals surface area (Å²) in [6, 6.07) is 13.4. The van der Waals surface area contributed by atoms with Crippen molar-refractivity contribution in [3.05, 3.63) is 42.5 Å². The van der Waals surface area contributed by atoms with Crippen molar-refractivity contribution >= 4 is 38.3 Å². The van der Waals surface area contributed by atoms with Gasteiger partial charge in [0.2, 0.25) is 5.91 Å². The molecule has 0 atom stereocenters. The van der Waals surface area contributed by atoms with Crippen LogP contribution < -0.4 is 19.7 Å². The number of amides is 1. The van der Waals surface area contributed by atoms with Crippen LogP contribution in [0, 0.1) is 5.92 Å². The van der Waals surface area contributed by atoms with Gasteiger partial charge in [-0.25, -0.2) is 4.98 Å². The van der Waals surface area contributed by atoms with Gasteiger partial charge in [0.25, 0.3) is 0 Å². The maximum absolute atomic E-state index is 12.5. The van der Waals surface area contributed by atoms with Crippen molar-refractivity contribution in [2.24, 2.45) is 5.92 Å². The van der Waals surface area contributed by atoms with Gasteiger partial charge in [-0.05, 0) is 24.3 Å². The fraction of sp³-hybridized carbons (Fsp3) is 0.263. The van der Waals surface area contributed by atoms with Gasteiger partial charge in [0.05, 0.1) is 30.4 Å². The smallest absolute Gasteiger partial charge is 0.231 e. The number of hydrogen-bond acceptors (Lipinski definition) is 6. The van der Waals surface area contributed by atoms with Gasteiger partial charge < -0.3 is 19.7 Å². The van der Waals surface area contributed by atoms with E-state index in [1.54, 1.807) is 37.7 Å². The number of para-hydroxylation sites is 1. The normalized spacial score (nSPS) is 14.2. The number of rotatable bonds is 5. The van der Waals surface area contributed by atoms with Crippen LogP contribution in [-0.4, -0.2) is 38.2 Å². The number of ether oxygens (including phenoxy) is 2. The maximum atomic E-state index is 12.5. The van der Waals surface area contributed by atoms with Gasteiger partial charge in [-0.15, -0.1) is 0 Å². The molecule has 2 heterocycles. The average molecular weight is 369 g/mol. The molecule has 0 radical (unpaired) electrons. The zero-order valence-electron chi connectivity index (χ0n) is 14.6. The molecule has 1 saturated heterocycles. The third kappa shape index (κ3) is 3.06. The van der Waals surface area contributed by atoms with E-state index in [1.807, 2.05) is 24.3 Å². The van der Waals surface area contributed by atoms with E-state index in [-0.39, 0.29) is 11.8 Å². The van der Waals surface area contributed by atoms with Crippen LogP contribution in [0.1, 0.15) is 0 Å². The summed E-state index contributed by atoms with van der Waals surface area (Å²) in [6.07, 6.45) is 0. The molecule has 3 aromatic rings. The van der Waals surface area contributed by atoms with Gasteiger partial charge in [-0.1, -0.05) is 23.5 Å². The Morgan fingerprint density at radius 1 is 1.15 bits per heavy atom. The van der Waals surface area contributed by atoms with Crippen LogP contribution in [0.2, 0.25) is 0 Å². The zero-order valence-corrected chi connectivity index (χ0v) is 15.4. The Morgan fingerprint density at radius 3 is 2.65 bits per heavy atom. The highest BCUT2D eigenvalue weighted by Crippen LogP contribution is 2.34. The maximum Gasteiger partial charge on any atom is 0.231 e. The molecule has 6 nitrogen and oxygen atoms in total. The van der Waals surface area contributed by atoms with E-state index in [2.05, 4.69) is 21.3 Å². The number of methoxy groups -OCH3 is 2. The van der Waals surface area contributed by atoms with Gasteiger partial charge in [0.15, 0.2) is 16.6 Å². The molecule has 1 amide bonds. The molecule has 0 spiro atoms. The topological polar surface area (TPSA) is 63.7 Å². The highest BCUT2D eigenvalue weighted by Gasteiger charge is 2.34. The largest absolute Gasteiger partial charge is 0.493 e.